The molecule has 0 unspecified atom stereocenters. The van der Waals surface area contributed by atoms with E-state index in [1.807, 2.05) is 4.98 Å². The van der Waals surface area contributed by atoms with Crippen LogP contribution in [0.1, 0.15) is 20.7 Å². The summed E-state index contributed by atoms with van der Waals surface area (Å²) in [5.41, 5.74) is 1.15. The maximum absolute atomic E-state index is 13.7. The number of nitrogen functional groups attached to an aromatic ring is 1. The first-order valence-corrected chi connectivity index (χ1v) is 6.28. The van der Waals surface area contributed by atoms with Crippen LogP contribution in [0.2, 0.25) is 0 Å². The molecule has 0 bridgehead atoms. The average molecular weight is 338 g/mol. The number of halogens is 1. The van der Waals surface area contributed by atoms with Crippen molar-refractivity contribution < 1.29 is 34.0 Å². The van der Waals surface area contributed by atoms with Crippen molar-refractivity contribution in [3.8, 4) is 22.6 Å². The number of hydrogen-bond donors (Lipinski definition) is 5. The monoisotopic (exact) mass is 338 g/mol. The minimum atomic E-state index is -1.78. The fourth-order valence-electron chi connectivity index (χ4n) is 2.24. The standard InChI is InChI=1S/C14H11FN2O7/c1-24-6-3-4(15)2-5(10(6)18)7-8(13(20)21)11(16)17-12(19)9(7)14(22)23/h2-3,18H,1H3,(H,20,21)(H,22,23)(H3,16,17,19). The number of phenolic OH excluding ortho intramolecular Hbond substituents is 1. The van der Waals surface area contributed by atoms with E-state index in [4.69, 9.17) is 10.5 Å². The number of aromatic nitrogens is 1. The first-order chi connectivity index (χ1) is 11.2. The molecule has 1 heterocycles. The van der Waals surface area contributed by atoms with Gasteiger partial charge in [-0.25, -0.2) is 14.0 Å². The third-order valence-corrected chi connectivity index (χ3v) is 3.20. The molecule has 0 aliphatic heterocycles. The number of pyridine rings is 1. The Hall–Kier alpha value is -3.56. The largest absolute Gasteiger partial charge is 0.504 e. The summed E-state index contributed by atoms with van der Waals surface area (Å²) in [6.45, 7) is 0. The van der Waals surface area contributed by atoms with Crippen molar-refractivity contribution in [1.82, 2.24) is 4.98 Å². The molecule has 9 nitrogen and oxygen atoms in total. The zero-order chi connectivity index (χ0) is 18.2. The molecule has 126 valence electrons. The summed E-state index contributed by atoms with van der Waals surface area (Å²) in [4.78, 5) is 36.6. The molecule has 24 heavy (non-hydrogen) atoms. The lowest BCUT2D eigenvalue weighted by Crippen LogP contribution is -2.24. The number of carboxylic acids is 2. The van der Waals surface area contributed by atoms with E-state index < -0.39 is 57.1 Å². The second-order valence-corrected chi connectivity index (χ2v) is 4.61. The highest BCUT2D eigenvalue weighted by molar-refractivity contribution is 6.08. The molecule has 0 fully saturated rings. The first-order valence-electron chi connectivity index (χ1n) is 6.28. The Balaban J connectivity index is 3.08. The second-order valence-electron chi connectivity index (χ2n) is 4.61. The lowest BCUT2D eigenvalue weighted by atomic mass is 9.94. The highest BCUT2D eigenvalue weighted by Crippen LogP contribution is 2.41. The predicted molar refractivity (Wildman–Crippen MR) is 79.0 cm³/mol. The van der Waals surface area contributed by atoms with Crippen molar-refractivity contribution in [3.05, 3.63) is 39.4 Å². The van der Waals surface area contributed by atoms with E-state index in [0.717, 1.165) is 13.2 Å². The molecule has 0 radical (unpaired) electrons. The van der Waals surface area contributed by atoms with Crippen LogP contribution in [-0.2, 0) is 0 Å². The molecule has 0 aliphatic carbocycles. The number of aromatic amines is 1. The van der Waals surface area contributed by atoms with Crippen molar-refractivity contribution in [1.29, 1.82) is 0 Å². The van der Waals surface area contributed by atoms with E-state index in [2.05, 4.69) is 0 Å². The number of aromatic hydroxyl groups is 1. The Bertz CT molecular complexity index is 920. The number of anilines is 1. The maximum Gasteiger partial charge on any atom is 0.342 e. The Morgan fingerprint density at radius 1 is 1.21 bits per heavy atom. The van der Waals surface area contributed by atoms with Gasteiger partial charge in [0.25, 0.3) is 5.56 Å². The van der Waals surface area contributed by atoms with E-state index in [1.165, 1.54) is 0 Å². The van der Waals surface area contributed by atoms with Gasteiger partial charge in [0.05, 0.1) is 7.11 Å². The maximum atomic E-state index is 13.7. The van der Waals surface area contributed by atoms with Crippen LogP contribution in [0, 0.1) is 5.82 Å². The number of carbonyl (C=O) groups is 2. The molecule has 0 saturated carbocycles. The number of methoxy groups -OCH3 is 1. The van der Waals surface area contributed by atoms with Crippen LogP contribution in [0.15, 0.2) is 16.9 Å². The summed E-state index contributed by atoms with van der Waals surface area (Å²) < 4.78 is 18.5. The number of benzene rings is 1. The van der Waals surface area contributed by atoms with Crippen LogP contribution in [0.25, 0.3) is 11.1 Å². The number of ether oxygens (including phenoxy) is 1. The SMILES string of the molecule is COc1cc(F)cc(-c2c(C(=O)O)c(N)[nH]c(=O)c2C(=O)O)c1O. The van der Waals surface area contributed by atoms with Crippen LogP contribution < -0.4 is 16.0 Å². The van der Waals surface area contributed by atoms with Gasteiger partial charge in [-0.1, -0.05) is 0 Å². The van der Waals surface area contributed by atoms with Crippen molar-refractivity contribution >= 4 is 17.8 Å². The summed E-state index contributed by atoms with van der Waals surface area (Å²) in [5, 5.41) is 28.7. The van der Waals surface area contributed by atoms with Crippen LogP contribution in [0.5, 0.6) is 11.5 Å². The average Bonchev–Trinajstić information content (AvgIpc) is 2.47. The van der Waals surface area contributed by atoms with E-state index in [9.17, 15) is 34.1 Å². The molecular weight excluding hydrogens is 327 g/mol. The number of aromatic carboxylic acids is 2. The van der Waals surface area contributed by atoms with Crippen LogP contribution >= 0.6 is 0 Å². The highest BCUT2D eigenvalue weighted by atomic mass is 19.1. The van der Waals surface area contributed by atoms with Crippen molar-refractivity contribution in [2.24, 2.45) is 0 Å². The minimum Gasteiger partial charge on any atom is -0.504 e. The zero-order valence-corrected chi connectivity index (χ0v) is 12.1. The third-order valence-electron chi connectivity index (χ3n) is 3.20. The van der Waals surface area contributed by atoms with Gasteiger partial charge in [0.15, 0.2) is 11.5 Å². The molecule has 10 heteroatoms. The normalized spacial score (nSPS) is 10.4. The predicted octanol–water partition coefficient (Wildman–Crippen LogP) is 0.874. The van der Waals surface area contributed by atoms with E-state index >= 15 is 0 Å². The minimum absolute atomic E-state index is 0.378. The third kappa shape index (κ3) is 2.60. The Kier molecular flexibility index (Phi) is 4.14. The van der Waals surface area contributed by atoms with E-state index in [-0.39, 0.29) is 5.75 Å². The number of carboxylic acid groups (broad SMARTS) is 2. The number of H-pyrrole nitrogens is 1. The number of phenols is 1. The lowest BCUT2D eigenvalue weighted by molar-refractivity contribution is 0.0695. The van der Waals surface area contributed by atoms with Gasteiger partial charge in [0.1, 0.15) is 22.8 Å². The lowest BCUT2D eigenvalue weighted by Gasteiger charge is -2.15. The van der Waals surface area contributed by atoms with Gasteiger partial charge in [-0.2, -0.15) is 0 Å². The van der Waals surface area contributed by atoms with Crippen molar-refractivity contribution in [2.75, 3.05) is 12.8 Å². The molecule has 0 aliphatic rings. The Labute approximate surface area is 132 Å². The molecule has 0 amide bonds. The summed E-state index contributed by atoms with van der Waals surface area (Å²) >= 11 is 0. The van der Waals surface area contributed by atoms with Gasteiger partial charge in [0.2, 0.25) is 0 Å². The van der Waals surface area contributed by atoms with Gasteiger partial charge in [-0.3, -0.25) is 4.79 Å². The molecule has 2 rings (SSSR count). The second kappa shape index (κ2) is 5.91. The van der Waals surface area contributed by atoms with Gasteiger partial charge in [0, 0.05) is 17.2 Å². The van der Waals surface area contributed by atoms with E-state index in [1.54, 1.807) is 0 Å². The molecule has 2 aromatic rings. The quantitative estimate of drug-likeness (QED) is 0.548. The summed E-state index contributed by atoms with van der Waals surface area (Å²) in [6, 6.07) is 1.47. The Morgan fingerprint density at radius 2 is 1.79 bits per heavy atom. The molecule has 0 atom stereocenters. The molecular formula is C14H11FN2O7. The molecule has 1 aromatic carbocycles. The van der Waals surface area contributed by atoms with Gasteiger partial charge < -0.3 is 30.8 Å². The Morgan fingerprint density at radius 3 is 2.29 bits per heavy atom. The van der Waals surface area contributed by atoms with Gasteiger partial charge >= 0.3 is 11.9 Å². The van der Waals surface area contributed by atoms with Crippen LogP contribution in [-0.4, -0.2) is 39.4 Å². The van der Waals surface area contributed by atoms with Crippen molar-refractivity contribution in [3.63, 3.8) is 0 Å². The number of nitrogens with two attached hydrogens (primary N) is 1. The smallest absolute Gasteiger partial charge is 0.342 e. The molecule has 1 aromatic heterocycles. The van der Waals surface area contributed by atoms with Crippen LogP contribution in [0.3, 0.4) is 0 Å². The summed E-state index contributed by atoms with van der Waals surface area (Å²) in [5.74, 6) is -6.17. The van der Waals surface area contributed by atoms with Gasteiger partial charge in [-0.15, -0.1) is 0 Å². The fraction of sp³-hybridized carbons (Fsp3) is 0.0714. The first kappa shape index (κ1) is 16.8. The fourth-order valence-corrected chi connectivity index (χ4v) is 2.24. The summed E-state index contributed by atoms with van der Waals surface area (Å²) in [6.07, 6.45) is 0. The topological polar surface area (TPSA) is 163 Å². The number of nitrogens with one attached hydrogen (secondary N) is 1. The number of rotatable bonds is 4. The number of hydrogen-bond acceptors (Lipinski definition) is 6. The molecule has 6 N–H and O–H groups in total. The molecule has 0 saturated heterocycles. The van der Waals surface area contributed by atoms with Gasteiger partial charge in [-0.05, 0) is 6.07 Å². The van der Waals surface area contributed by atoms with Crippen molar-refractivity contribution in [2.45, 2.75) is 0 Å². The molecule has 0 spiro atoms. The van der Waals surface area contributed by atoms with Crippen LogP contribution in [0.4, 0.5) is 10.2 Å². The zero-order valence-electron chi connectivity index (χ0n) is 12.1. The summed E-state index contributed by atoms with van der Waals surface area (Å²) in [7, 11) is 1.11. The highest BCUT2D eigenvalue weighted by Gasteiger charge is 2.29. The van der Waals surface area contributed by atoms with E-state index in [0.29, 0.717) is 6.07 Å².